The van der Waals surface area contributed by atoms with E-state index in [1.807, 2.05) is 50.4 Å². The van der Waals surface area contributed by atoms with E-state index in [0.29, 0.717) is 18.3 Å². The van der Waals surface area contributed by atoms with Crippen LogP contribution in [-0.4, -0.2) is 22.1 Å². The summed E-state index contributed by atoms with van der Waals surface area (Å²) < 4.78 is 6.87. The maximum absolute atomic E-state index is 5.78. The SMILES string of the molecule is Cc1cccc(-c2nnc(CN(C)Cc3ccc(Br)cc3)o2)c1. The van der Waals surface area contributed by atoms with E-state index < -0.39 is 0 Å². The molecular formula is C18H18BrN3O. The summed E-state index contributed by atoms with van der Waals surface area (Å²) in [5, 5.41) is 8.30. The fourth-order valence-electron chi connectivity index (χ4n) is 2.40. The number of aryl methyl sites for hydroxylation is 1. The number of hydrogen-bond donors (Lipinski definition) is 0. The summed E-state index contributed by atoms with van der Waals surface area (Å²) in [5.74, 6) is 1.20. The lowest BCUT2D eigenvalue weighted by atomic mass is 10.1. The molecule has 0 saturated heterocycles. The van der Waals surface area contributed by atoms with Gasteiger partial charge in [0.2, 0.25) is 11.8 Å². The molecule has 118 valence electrons. The van der Waals surface area contributed by atoms with Crippen molar-refractivity contribution in [3.05, 3.63) is 70.0 Å². The Labute approximate surface area is 144 Å². The van der Waals surface area contributed by atoms with Gasteiger partial charge >= 0.3 is 0 Å². The van der Waals surface area contributed by atoms with Crippen LogP contribution >= 0.6 is 15.9 Å². The first-order valence-electron chi connectivity index (χ1n) is 7.42. The number of hydrogen-bond acceptors (Lipinski definition) is 4. The Kier molecular flexibility index (Phi) is 4.88. The monoisotopic (exact) mass is 371 g/mol. The summed E-state index contributed by atoms with van der Waals surface area (Å²) in [5.41, 5.74) is 3.38. The van der Waals surface area contributed by atoms with Crippen LogP contribution < -0.4 is 0 Å². The zero-order valence-electron chi connectivity index (χ0n) is 13.2. The van der Waals surface area contributed by atoms with Crippen molar-refractivity contribution in [1.82, 2.24) is 15.1 Å². The number of rotatable bonds is 5. The second-order valence-corrected chi connectivity index (χ2v) is 6.58. The van der Waals surface area contributed by atoms with E-state index in [-0.39, 0.29) is 0 Å². The average molecular weight is 372 g/mol. The standard InChI is InChI=1S/C18H18BrN3O/c1-13-4-3-5-15(10-13)18-21-20-17(23-18)12-22(2)11-14-6-8-16(19)9-7-14/h3-10H,11-12H2,1-2H3. The zero-order valence-corrected chi connectivity index (χ0v) is 14.7. The molecule has 0 amide bonds. The number of nitrogens with zero attached hydrogens (tertiary/aromatic N) is 3. The van der Waals surface area contributed by atoms with Crippen LogP contribution in [0.15, 0.2) is 57.4 Å². The first-order chi connectivity index (χ1) is 11.1. The second-order valence-electron chi connectivity index (χ2n) is 5.67. The van der Waals surface area contributed by atoms with Crippen molar-refractivity contribution in [2.45, 2.75) is 20.0 Å². The molecule has 0 aliphatic rings. The van der Waals surface area contributed by atoms with Crippen molar-refractivity contribution in [2.24, 2.45) is 0 Å². The van der Waals surface area contributed by atoms with Crippen molar-refractivity contribution >= 4 is 15.9 Å². The molecule has 0 unspecified atom stereocenters. The number of benzene rings is 2. The highest BCUT2D eigenvalue weighted by Gasteiger charge is 2.11. The van der Waals surface area contributed by atoms with Crippen LogP contribution in [0.25, 0.3) is 11.5 Å². The van der Waals surface area contributed by atoms with E-state index in [0.717, 1.165) is 16.6 Å². The first kappa shape index (κ1) is 15.9. The average Bonchev–Trinajstić information content (AvgIpc) is 2.98. The molecule has 1 aromatic heterocycles. The van der Waals surface area contributed by atoms with Gasteiger partial charge in [0.15, 0.2) is 0 Å². The lowest BCUT2D eigenvalue weighted by Crippen LogP contribution is -2.17. The van der Waals surface area contributed by atoms with Crippen LogP contribution in [0.3, 0.4) is 0 Å². The van der Waals surface area contributed by atoms with Gasteiger partial charge in [-0.2, -0.15) is 0 Å². The lowest BCUT2D eigenvalue weighted by molar-refractivity contribution is 0.283. The molecule has 3 aromatic rings. The Morgan fingerprint density at radius 2 is 1.83 bits per heavy atom. The third kappa shape index (κ3) is 4.27. The largest absolute Gasteiger partial charge is 0.419 e. The molecule has 0 atom stereocenters. The van der Waals surface area contributed by atoms with Gasteiger partial charge in [-0.15, -0.1) is 10.2 Å². The molecule has 23 heavy (non-hydrogen) atoms. The van der Waals surface area contributed by atoms with Gasteiger partial charge < -0.3 is 4.42 Å². The number of aromatic nitrogens is 2. The highest BCUT2D eigenvalue weighted by Crippen LogP contribution is 2.19. The van der Waals surface area contributed by atoms with Crippen molar-refractivity contribution in [1.29, 1.82) is 0 Å². The molecule has 0 radical (unpaired) electrons. The van der Waals surface area contributed by atoms with E-state index >= 15 is 0 Å². The Morgan fingerprint density at radius 1 is 1.04 bits per heavy atom. The molecule has 0 aliphatic heterocycles. The molecule has 0 fully saturated rings. The molecule has 3 rings (SSSR count). The smallest absolute Gasteiger partial charge is 0.247 e. The fourth-order valence-corrected chi connectivity index (χ4v) is 2.66. The summed E-state index contributed by atoms with van der Waals surface area (Å²) >= 11 is 3.45. The molecule has 2 aromatic carbocycles. The van der Waals surface area contributed by atoms with Gasteiger partial charge in [-0.05, 0) is 43.8 Å². The van der Waals surface area contributed by atoms with Crippen LogP contribution in [0.2, 0.25) is 0 Å². The zero-order chi connectivity index (χ0) is 16.2. The third-order valence-corrected chi connectivity index (χ3v) is 4.03. The van der Waals surface area contributed by atoms with Crippen LogP contribution in [-0.2, 0) is 13.1 Å². The molecular weight excluding hydrogens is 354 g/mol. The summed E-state index contributed by atoms with van der Waals surface area (Å²) in [7, 11) is 2.04. The highest BCUT2D eigenvalue weighted by molar-refractivity contribution is 9.10. The fraction of sp³-hybridized carbons (Fsp3) is 0.222. The van der Waals surface area contributed by atoms with Crippen molar-refractivity contribution in [3.63, 3.8) is 0 Å². The minimum Gasteiger partial charge on any atom is -0.419 e. The third-order valence-electron chi connectivity index (χ3n) is 3.50. The van der Waals surface area contributed by atoms with Gasteiger partial charge in [-0.25, -0.2) is 0 Å². The predicted octanol–water partition coefficient (Wildman–Crippen LogP) is 4.44. The Hall–Kier alpha value is -1.98. The minimum atomic E-state index is 0.570. The van der Waals surface area contributed by atoms with Crippen molar-refractivity contribution < 1.29 is 4.42 Å². The highest BCUT2D eigenvalue weighted by atomic mass is 79.9. The summed E-state index contributed by atoms with van der Waals surface area (Å²) in [4.78, 5) is 2.15. The molecule has 0 spiro atoms. The topological polar surface area (TPSA) is 42.2 Å². The predicted molar refractivity (Wildman–Crippen MR) is 93.8 cm³/mol. The summed E-state index contributed by atoms with van der Waals surface area (Å²) in [6.45, 7) is 3.50. The normalized spacial score (nSPS) is 11.1. The molecule has 4 nitrogen and oxygen atoms in total. The summed E-state index contributed by atoms with van der Waals surface area (Å²) in [6.07, 6.45) is 0. The molecule has 0 aliphatic carbocycles. The van der Waals surface area contributed by atoms with Gasteiger partial charge in [0.25, 0.3) is 0 Å². The van der Waals surface area contributed by atoms with Gasteiger partial charge in [0.05, 0.1) is 6.54 Å². The van der Waals surface area contributed by atoms with Gasteiger partial charge in [0, 0.05) is 16.6 Å². The van der Waals surface area contributed by atoms with Crippen LogP contribution in [0.1, 0.15) is 17.0 Å². The maximum Gasteiger partial charge on any atom is 0.247 e. The number of halogens is 1. The van der Waals surface area contributed by atoms with E-state index in [4.69, 9.17) is 4.42 Å². The Bertz CT molecular complexity index is 783. The maximum atomic E-state index is 5.78. The Morgan fingerprint density at radius 3 is 2.57 bits per heavy atom. The Balaban J connectivity index is 1.65. The summed E-state index contributed by atoms with van der Waals surface area (Å²) in [6, 6.07) is 16.4. The molecule has 0 bridgehead atoms. The quantitative estimate of drug-likeness (QED) is 0.664. The van der Waals surface area contributed by atoms with E-state index in [9.17, 15) is 0 Å². The van der Waals surface area contributed by atoms with E-state index in [2.05, 4.69) is 43.2 Å². The lowest BCUT2D eigenvalue weighted by Gasteiger charge is -2.14. The van der Waals surface area contributed by atoms with Crippen LogP contribution in [0.5, 0.6) is 0 Å². The molecule has 1 heterocycles. The van der Waals surface area contributed by atoms with Crippen molar-refractivity contribution in [2.75, 3.05) is 7.05 Å². The van der Waals surface area contributed by atoms with Crippen LogP contribution in [0.4, 0.5) is 0 Å². The second kappa shape index (κ2) is 7.06. The van der Waals surface area contributed by atoms with Gasteiger partial charge in [-0.1, -0.05) is 45.8 Å². The minimum absolute atomic E-state index is 0.570. The molecule has 0 saturated carbocycles. The van der Waals surface area contributed by atoms with E-state index in [1.54, 1.807) is 0 Å². The first-order valence-corrected chi connectivity index (χ1v) is 8.22. The van der Waals surface area contributed by atoms with Gasteiger partial charge in [0.1, 0.15) is 0 Å². The van der Waals surface area contributed by atoms with Crippen LogP contribution in [0, 0.1) is 6.92 Å². The van der Waals surface area contributed by atoms with E-state index in [1.165, 1.54) is 11.1 Å². The van der Waals surface area contributed by atoms with Crippen molar-refractivity contribution in [3.8, 4) is 11.5 Å². The molecule has 5 heteroatoms. The molecule has 0 N–H and O–H groups in total. The van der Waals surface area contributed by atoms with Gasteiger partial charge in [-0.3, -0.25) is 4.90 Å².